The molecule has 2 aromatic heterocycles. The number of anilines is 1. The average Bonchev–Trinajstić information content (AvgIpc) is 3.25. The number of amides is 1. The van der Waals surface area contributed by atoms with E-state index in [0.717, 1.165) is 40.9 Å². The molecule has 4 rings (SSSR count). The summed E-state index contributed by atoms with van der Waals surface area (Å²) in [5.74, 6) is 0.672. The van der Waals surface area contributed by atoms with Gasteiger partial charge >= 0.3 is 0 Å². The number of rotatable bonds is 9. The van der Waals surface area contributed by atoms with Gasteiger partial charge in [-0.1, -0.05) is 49.3 Å². The topological polar surface area (TPSA) is 55.3 Å². The number of para-hydroxylation sites is 1. The monoisotopic (exact) mass is 431 g/mol. The van der Waals surface area contributed by atoms with E-state index in [1.165, 1.54) is 11.3 Å². The van der Waals surface area contributed by atoms with Crippen molar-refractivity contribution in [2.24, 2.45) is 0 Å². The van der Waals surface area contributed by atoms with Crippen molar-refractivity contribution < 1.29 is 9.53 Å². The van der Waals surface area contributed by atoms with Crippen LogP contribution in [-0.4, -0.2) is 22.5 Å². The van der Waals surface area contributed by atoms with E-state index in [-0.39, 0.29) is 5.91 Å². The van der Waals surface area contributed by atoms with Crippen molar-refractivity contribution in [1.82, 2.24) is 9.97 Å². The van der Waals surface area contributed by atoms with Crippen LogP contribution in [0, 0.1) is 0 Å². The van der Waals surface area contributed by atoms with Gasteiger partial charge in [-0.05, 0) is 55.0 Å². The van der Waals surface area contributed by atoms with Crippen LogP contribution in [0.5, 0.6) is 5.75 Å². The summed E-state index contributed by atoms with van der Waals surface area (Å²) in [7, 11) is 0. The predicted octanol–water partition coefficient (Wildman–Crippen LogP) is 6.11. The second-order valence-electron chi connectivity index (χ2n) is 7.26. The number of ether oxygens (including phenoxy) is 1. The van der Waals surface area contributed by atoms with Crippen LogP contribution in [0.15, 0.2) is 72.9 Å². The quantitative estimate of drug-likeness (QED) is 0.300. The molecule has 1 amide bonds. The van der Waals surface area contributed by atoms with E-state index < -0.39 is 0 Å². The van der Waals surface area contributed by atoms with E-state index in [1.54, 1.807) is 11.1 Å². The fraction of sp³-hybridized carbons (Fsp3) is 0.240. The molecule has 4 aromatic rings. The lowest BCUT2D eigenvalue weighted by Crippen LogP contribution is -2.30. The van der Waals surface area contributed by atoms with Gasteiger partial charge in [0, 0.05) is 11.8 Å². The van der Waals surface area contributed by atoms with Gasteiger partial charge in [-0.3, -0.25) is 14.7 Å². The van der Waals surface area contributed by atoms with Crippen molar-refractivity contribution >= 4 is 32.6 Å². The number of carbonyl (C=O) groups is 1. The number of benzene rings is 2. The molecule has 0 aliphatic heterocycles. The minimum absolute atomic E-state index is 0.109. The van der Waals surface area contributed by atoms with E-state index in [2.05, 4.69) is 11.9 Å². The third-order valence-corrected chi connectivity index (χ3v) is 5.98. The van der Waals surface area contributed by atoms with E-state index in [0.29, 0.717) is 23.8 Å². The van der Waals surface area contributed by atoms with Crippen LogP contribution in [0.25, 0.3) is 10.2 Å². The fourth-order valence-corrected chi connectivity index (χ4v) is 4.21. The maximum absolute atomic E-state index is 13.5. The fourth-order valence-electron chi connectivity index (χ4n) is 3.25. The first-order valence-corrected chi connectivity index (χ1v) is 11.4. The van der Waals surface area contributed by atoms with Crippen LogP contribution < -0.4 is 9.64 Å². The highest BCUT2D eigenvalue weighted by molar-refractivity contribution is 7.22. The number of carbonyl (C=O) groups excluding carboxylic acids is 1. The Labute approximate surface area is 186 Å². The third kappa shape index (κ3) is 5.27. The summed E-state index contributed by atoms with van der Waals surface area (Å²) in [4.78, 5) is 24.3. The smallest absolute Gasteiger partial charge is 0.260 e. The zero-order valence-electron chi connectivity index (χ0n) is 17.5. The van der Waals surface area contributed by atoms with Crippen LogP contribution in [0.4, 0.5) is 5.13 Å². The van der Waals surface area contributed by atoms with Crippen molar-refractivity contribution in [1.29, 1.82) is 0 Å². The number of pyridine rings is 1. The number of nitrogens with zero attached hydrogens (tertiary/aromatic N) is 3. The Morgan fingerprint density at radius 2 is 1.81 bits per heavy atom. The molecule has 0 aliphatic carbocycles. The predicted molar refractivity (Wildman–Crippen MR) is 126 cm³/mol. The molecule has 0 aliphatic rings. The molecule has 5 nitrogen and oxygen atoms in total. The number of hydrogen-bond acceptors (Lipinski definition) is 5. The van der Waals surface area contributed by atoms with Gasteiger partial charge in [0.2, 0.25) is 0 Å². The van der Waals surface area contributed by atoms with Gasteiger partial charge in [-0.15, -0.1) is 0 Å². The Bertz CT molecular complexity index is 1090. The zero-order valence-corrected chi connectivity index (χ0v) is 18.3. The summed E-state index contributed by atoms with van der Waals surface area (Å²) < 4.78 is 6.83. The first kappa shape index (κ1) is 21.0. The molecule has 2 heterocycles. The number of fused-ring (bicyclic) bond motifs is 1. The molecule has 6 heteroatoms. The first-order chi connectivity index (χ1) is 15.2. The molecule has 0 bridgehead atoms. The van der Waals surface area contributed by atoms with Crippen molar-refractivity contribution in [2.75, 3.05) is 11.5 Å². The van der Waals surface area contributed by atoms with Gasteiger partial charge in [0.15, 0.2) is 5.13 Å². The highest BCUT2D eigenvalue weighted by atomic mass is 32.1. The zero-order chi connectivity index (χ0) is 21.5. The van der Waals surface area contributed by atoms with Gasteiger partial charge in [0.25, 0.3) is 5.91 Å². The Hall–Kier alpha value is -3.25. The van der Waals surface area contributed by atoms with Crippen LogP contribution in [0.1, 0.15) is 42.2 Å². The van der Waals surface area contributed by atoms with Gasteiger partial charge in [0.1, 0.15) is 5.75 Å². The van der Waals surface area contributed by atoms with Crippen molar-refractivity contribution in [2.45, 2.75) is 32.7 Å². The van der Waals surface area contributed by atoms with Crippen LogP contribution in [-0.2, 0) is 6.54 Å². The van der Waals surface area contributed by atoms with E-state index in [4.69, 9.17) is 9.72 Å². The molecule has 0 saturated carbocycles. The summed E-state index contributed by atoms with van der Waals surface area (Å²) in [6, 6.07) is 21.0. The summed E-state index contributed by atoms with van der Waals surface area (Å²) in [5, 5.41) is 0.664. The molecule has 0 saturated heterocycles. The standard InChI is InChI=1S/C25H25N3O2S/c1-2-3-8-17-30-21-14-12-19(13-15-21)24(29)28(18-20-9-6-7-16-26-20)25-27-22-10-4-5-11-23(22)31-25/h4-7,9-16H,2-3,8,17-18H2,1H3. The molecule has 0 radical (unpaired) electrons. The number of hydrogen-bond donors (Lipinski definition) is 0. The minimum Gasteiger partial charge on any atom is -0.494 e. The number of unbranched alkanes of at least 4 members (excludes halogenated alkanes) is 2. The van der Waals surface area contributed by atoms with E-state index in [1.807, 2.05) is 66.7 Å². The number of aromatic nitrogens is 2. The molecule has 0 N–H and O–H groups in total. The summed E-state index contributed by atoms with van der Waals surface area (Å²) in [6.07, 6.45) is 5.09. The number of thiazole rings is 1. The van der Waals surface area contributed by atoms with Crippen LogP contribution in [0.3, 0.4) is 0 Å². The van der Waals surface area contributed by atoms with Crippen molar-refractivity contribution in [3.05, 3.63) is 84.2 Å². The molecule has 0 spiro atoms. The molecule has 2 aromatic carbocycles. The van der Waals surface area contributed by atoms with Crippen molar-refractivity contribution in [3.8, 4) is 5.75 Å². The van der Waals surface area contributed by atoms with Gasteiger partial charge in [-0.25, -0.2) is 4.98 Å². The molecular formula is C25H25N3O2S. The molecular weight excluding hydrogens is 406 g/mol. The maximum Gasteiger partial charge on any atom is 0.260 e. The van der Waals surface area contributed by atoms with Gasteiger partial charge in [0.05, 0.1) is 29.1 Å². The third-order valence-electron chi connectivity index (χ3n) is 4.92. The minimum atomic E-state index is -0.109. The van der Waals surface area contributed by atoms with Crippen LogP contribution >= 0.6 is 11.3 Å². The highest BCUT2D eigenvalue weighted by Gasteiger charge is 2.22. The van der Waals surface area contributed by atoms with Gasteiger partial charge < -0.3 is 4.74 Å². The molecule has 0 unspecified atom stereocenters. The molecule has 31 heavy (non-hydrogen) atoms. The van der Waals surface area contributed by atoms with E-state index >= 15 is 0 Å². The Balaban J connectivity index is 1.57. The molecule has 0 fully saturated rings. The lowest BCUT2D eigenvalue weighted by Gasteiger charge is -2.20. The lowest BCUT2D eigenvalue weighted by atomic mass is 10.2. The first-order valence-electron chi connectivity index (χ1n) is 10.5. The Morgan fingerprint density at radius 1 is 1.00 bits per heavy atom. The SMILES string of the molecule is CCCCCOc1ccc(C(=O)N(Cc2ccccn2)c2nc3ccccc3s2)cc1. The lowest BCUT2D eigenvalue weighted by molar-refractivity contribution is 0.0985. The average molecular weight is 432 g/mol. The second-order valence-corrected chi connectivity index (χ2v) is 8.27. The summed E-state index contributed by atoms with van der Waals surface area (Å²) in [5.41, 5.74) is 2.29. The van der Waals surface area contributed by atoms with Crippen LogP contribution in [0.2, 0.25) is 0 Å². The van der Waals surface area contributed by atoms with E-state index in [9.17, 15) is 4.79 Å². The largest absolute Gasteiger partial charge is 0.494 e. The highest BCUT2D eigenvalue weighted by Crippen LogP contribution is 2.30. The normalized spacial score (nSPS) is 10.9. The maximum atomic E-state index is 13.5. The Kier molecular flexibility index (Phi) is 6.89. The summed E-state index contributed by atoms with van der Waals surface area (Å²) in [6.45, 7) is 3.22. The second kappa shape index (κ2) is 10.2. The van der Waals surface area contributed by atoms with Crippen molar-refractivity contribution in [3.63, 3.8) is 0 Å². The summed E-state index contributed by atoms with van der Waals surface area (Å²) >= 11 is 1.51. The Morgan fingerprint density at radius 3 is 2.55 bits per heavy atom. The molecule has 0 atom stereocenters. The van der Waals surface area contributed by atoms with Gasteiger partial charge in [-0.2, -0.15) is 0 Å². The molecule has 158 valence electrons.